The minimum atomic E-state index is 0.316. The van der Waals surface area contributed by atoms with Gasteiger partial charge in [0.25, 0.3) is 0 Å². The van der Waals surface area contributed by atoms with E-state index in [9.17, 15) is 0 Å². The molecule has 1 atom stereocenters. The molecule has 20 heavy (non-hydrogen) atoms. The Morgan fingerprint density at radius 1 is 1.25 bits per heavy atom. The summed E-state index contributed by atoms with van der Waals surface area (Å²) in [5.41, 5.74) is 0.851. The lowest BCUT2D eigenvalue weighted by molar-refractivity contribution is 0.354. The number of methoxy groups -OCH3 is 2. The summed E-state index contributed by atoms with van der Waals surface area (Å²) in [4.78, 5) is 4.48. The highest BCUT2D eigenvalue weighted by atomic mass is 16.5. The molecule has 2 heterocycles. The molecule has 1 N–H and O–H groups in total. The first-order chi connectivity index (χ1) is 9.81. The van der Waals surface area contributed by atoms with Crippen LogP contribution >= 0.6 is 0 Å². The first kappa shape index (κ1) is 12.9. The summed E-state index contributed by atoms with van der Waals surface area (Å²) in [5.74, 6) is 2.92. The molecular weight excluding hydrogens is 258 g/mol. The average molecular weight is 275 g/mol. The predicted molar refractivity (Wildman–Crippen MR) is 73.1 cm³/mol. The molecule has 1 aromatic heterocycles. The largest absolute Gasteiger partial charge is 0.493 e. The molecular formula is C14H17N3O3. The van der Waals surface area contributed by atoms with Gasteiger partial charge in [0.15, 0.2) is 11.5 Å². The molecule has 6 nitrogen and oxygen atoms in total. The first-order valence-corrected chi connectivity index (χ1v) is 6.58. The van der Waals surface area contributed by atoms with E-state index in [0.717, 1.165) is 25.1 Å². The maximum atomic E-state index is 5.36. The van der Waals surface area contributed by atoms with Crippen LogP contribution in [-0.4, -0.2) is 37.4 Å². The third-order valence-electron chi connectivity index (χ3n) is 3.49. The van der Waals surface area contributed by atoms with E-state index in [2.05, 4.69) is 15.5 Å². The number of hydrogen-bond donors (Lipinski definition) is 1. The molecule has 6 heteroatoms. The second-order valence-corrected chi connectivity index (χ2v) is 4.72. The molecule has 1 aromatic carbocycles. The van der Waals surface area contributed by atoms with Crippen LogP contribution in [0.15, 0.2) is 22.7 Å². The van der Waals surface area contributed by atoms with Gasteiger partial charge in [-0.25, -0.2) is 0 Å². The predicted octanol–water partition coefficient (Wildman–Crippen LogP) is 1.83. The molecule has 1 saturated heterocycles. The van der Waals surface area contributed by atoms with Crippen LogP contribution in [0.2, 0.25) is 0 Å². The third kappa shape index (κ3) is 2.34. The summed E-state index contributed by atoms with van der Waals surface area (Å²) in [7, 11) is 3.21. The quantitative estimate of drug-likeness (QED) is 0.918. The van der Waals surface area contributed by atoms with Crippen LogP contribution in [0, 0.1) is 0 Å². The fourth-order valence-corrected chi connectivity index (χ4v) is 2.36. The van der Waals surface area contributed by atoms with E-state index in [1.54, 1.807) is 14.2 Å². The minimum absolute atomic E-state index is 0.316. The van der Waals surface area contributed by atoms with Crippen molar-refractivity contribution in [3.05, 3.63) is 24.1 Å². The van der Waals surface area contributed by atoms with Crippen LogP contribution in [0.1, 0.15) is 18.2 Å². The van der Waals surface area contributed by atoms with Crippen molar-refractivity contribution in [2.24, 2.45) is 0 Å². The van der Waals surface area contributed by atoms with Crippen LogP contribution < -0.4 is 14.8 Å². The number of benzene rings is 1. The van der Waals surface area contributed by atoms with Gasteiger partial charge in [0.1, 0.15) is 0 Å². The highest BCUT2D eigenvalue weighted by Crippen LogP contribution is 2.32. The Balaban J connectivity index is 1.88. The lowest BCUT2D eigenvalue weighted by Crippen LogP contribution is -2.08. The van der Waals surface area contributed by atoms with E-state index in [-0.39, 0.29) is 0 Å². The fourth-order valence-electron chi connectivity index (χ4n) is 2.36. The van der Waals surface area contributed by atoms with Gasteiger partial charge in [0.05, 0.1) is 20.1 Å². The van der Waals surface area contributed by atoms with Gasteiger partial charge in [-0.05, 0) is 31.2 Å². The highest BCUT2D eigenvalue weighted by molar-refractivity contribution is 5.60. The van der Waals surface area contributed by atoms with Crippen molar-refractivity contribution in [3.63, 3.8) is 0 Å². The Morgan fingerprint density at radius 3 is 2.80 bits per heavy atom. The molecule has 0 bridgehead atoms. The lowest BCUT2D eigenvalue weighted by Gasteiger charge is -2.07. The zero-order chi connectivity index (χ0) is 13.9. The van der Waals surface area contributed by atoms with Gasteiger partial charge in [-0.2, -0.15) is 4.98 Å². The zero-order valence-corrected chi connectivity index (χ0v) is 11.5. The number of nitrogens with zero attached hydrogens (tertiary/aromatic N) is 2. The maximum Gasteiger partial charge on any atom is 0.231 e. The Kier molecular flexibility index (Phi) is 3.56. The Morgan fingerprint density at radius 2 is 2.10 bits per heavy atom. The Labute approximate surface area is 117 Å². The number of aromatic nitrogens is 2. The Bertz CT molecular complexity index is 591. The van der Waals surface area contributed by atoms with Gasteiger partial charge in [-0.1, -0.05) is 5.16 Å². The molecule has 2 aromatic rings. The van der Waals surface area contributed by atoms with E-state index in [0.29, 0.717) is 29.1 Å². The van der Waals surface area contributed by atoms with Gasteiger partial charge in [-0.3, -0.25) is 0 Å². The van der Waals surface area contributed by atoms with Crippen LogP contribution in [-0.2, 0) is 0 Å². The monoisotopic (exact) mass is 275 g/mol. The first-order valence-electron chi connectivity index (χ1n) is 6.58. The third-order valence-corrected chi connectivity index (χ3v) is 3.49. The second kappa shape index (κ2) is 5.50. The number of nitrogens with one attached hydrogen (secondary N) is 1. The van der Waals surface area contributed by atoms with Crippen LogP contribution in [0.3, 0.4) is 0 Å². The fraction of sp³-hybridized carbons (Fsp3) is 0.429. The molecule has 0 saturated carbocycles. The van der Waals surface area contributed by atoms with Crippen molar-refractivity contribution in [3.8, 4) is 22.9 Å². The molecule has 0 unspecified atom stereocenters. The van der Waals surface area contributed by atoms with Crippen molar-refractivity contribution in [1.82, 2.24) is 15.5 Å². The molecule has 106 valence electrons. The smallest absolute Gasteiger partial charge is 0.231 e. The van der Waals surface area contributed by atoms with E-state index in [1.807, 2.05) is 18.2 Å². The molecule has 3 rings (SSSR count). The van der Waals surface area contributed by atoms with Gasteiger partial charge >= 0.3 is 0 Å². The molecule has 0 spiro atoms. The SMILES string of the molecule is COc1ccc(-c2noc([C@@H]3CCNC3)n2)cc1OC. The number of hydrogen-bond acceptors (Lipinski definition) is 6. The van der Waals surface area contributed by atoms with E-state index in [1.165, 1.54) is 0 Å². The molecule has 1 fully saturated rings. The number of ether oxygens (including phenoxy) is 2. The highest BCUT2D eigenvalue weighted by Gasteiger charge is 2.23. The number of rotatable bonds is 4. The lowest BCUT2D eigenvalue weighted by atomic mass is 10.1. The van der Waals surface area contributed by atoms with Crippen molar-refractivity contribution >= 4 is 0 Å². The maximum absolute atomic E-state index is 5.36. The summed E-state index contributed by atoms with van der Waals surface area (Å²) in [6, 6.07) is 5.57. The van der Waals surface area contributed by atoms with E-state index in [4.69, 9.17) is 14.0 Å². The van der Waals surface area contributed by atoms with Crippen molar-refractivity contribution in [1.29, 1.82) is 0 Å². The van der Waals surface area contributed by atoms with Crippen LogP contribution in [0.4, 0.5) is 0 Å². The molecule has 0 amide bonds. The summed E-state index contributed by atoms with van der Waals surface area (Å²) >= 11 is 0. The van der Waals surface area contributed by atoms with Crippen LogP contribution in [0.25, 0.3) is 11.4 Å². The molecule has 0 aliphatic carbocycles. The van der Waals surface area contributed by atoms with Gasteiger partial charge in [0.2, 0.25) is 11.7 Å². The standard InChI is InChI=1S/C14H17N3O3/c1-18-11-4-3-9(7-12(11)19-2)13-16-14(20-17-13)10-5-6-15-8-10/h3-4,7,10,15H,5-6,8H2,1-2H3/t10-/m1/s1. The molecule has 1 aliphatic rings. The Hall–Kier alpha value is -2.08. The molecule has 1 aliphatic heterocycles. The minimum Gasteiger partial charge on any atom is -0.493 e. The average Bonchev–Trinajstić information content (AvgIpc) is 3.16. The normalized spacial score (nSPS) is 18.2. The molecule has 0 radical (unpaired) electrons. The summed E-state index contributed by atoms with van der Waals surface area (Å²) in [6.45, 7) is 1.90. The van der Waals surface area contributed by atoms with E-state index < -0.39 is 0 Å². The van der Waals surface area contributed by atoms with Crippen LogP contribution in [0.5, 0.6) is 11.5 Å². The van der Waals surface area contributed by atoms with Crippen molar-refractivity contribution in [2.75, 3.05) is 27.3 Å². The van der Waals surface area contributed by atoms with Gasteiger partial charge < -0.3 is 19.3 Å². The topological polar surface area (TPSA) is 69.4 Å². The van der Waals surface area contributed by atoms with Gasteiger partial charge in [0, 0.05) is 12.1 Å². The van der Waals surface area contributed by atoms with Crippen molar-refractivity contribution in [2.45, 2.75) is 12.3 Å². The summed E-state index contributed by atoms with van der Waals surface area (Å²) < 4.78 is 15.9. The van der Waals surface area contributed by atoms with Crippen molar-refractivity contribution < 1.29 is 14.0 Å². The van der Waals surface area contributed by atoms with E-state index >= 15 is 0 Å². The summed E-state index contributed by atoms with van der Waals surface area (Å²) in [5, 5.41) is 7.34. The summed E-state index contributed by atoms with van der Waals surface area (Å²) in [6.07, 6.45) is 1.04. The zero-order valence-electron chi connectivity index (χ0n) is 11.5. The van der Waals surface area contributed by atoms with Gasteiger partial charge in [-0.15, -0.1) is 0 Å². The second-order valence-electron chi connectivity index (χ2n) is 4.72.